The largest absolute Gasteiger partial charge is 0.348 e. The van der Waals surface area contributed by atoms with Gasteiger partial charge in [0.2, 0.25) is 15.9 Å². The van der Waals surface area contributed by atoms with Crippen molar-refractivity contribution in [1.29, 1.82) is 0 Å². The molecule has 0 radical (unpaired) electrons. The molecule has 2 atom stereocenters. The molecule has 1 amide bonds. The van der Waals surface area contributed by atoms with Crippen LogP contribution in [-0.4, -0.2) is 26.6 Å². The van der Waals surface area contributed by atoms with Crippen LogP contribution in [0.5, 0.6) is 0 Å². The first-order valence-corrected chi connectivity index (χ1v) is 11.7. The second-order valence-corrected chi connectivity index (χ2v) is 9.76. The fourth-order valence-electron chi connectivity index (χ4n) is 3.57. The Bertz CT molecular complexity index is 979. The van der Waals surface area contributed by atoms with E-state index >= 15 is 0 Å². The fourth-order valence-corrected chi connectivity index (χ4v) is 4.76. The number of aryl methyl sites for hydroxylation is 4. The minimum Gasteiger partial charge on any atom is -0.348 e. The molecule has 0 spiro atoms. The van der Waals surface area contributed by atoms with Gasteiger partial charge in [0.15, 0.2) is 0 Å². The summed E-state index contributed by atoms with van der Waals surface area (Å²) in [6.45, 7) is 11.7. The number of rotatable bonds is 7. The minimum atomic E-state index is -3.65. The Morgan fingerprint density at radius 3 is 2.07 bits per heavy atom. The van der Waals surface area contributed by atoms with E-state index in [9.17, 15) is 13.2 Å². The van der Waals surface area contributed by atoms with Crippen molar-refractivity contribution in [3.05, 3.63) is 64.2 Å². The van der Waals surface area contributed by atoms with Crippen LogP contribution in [0.1, 0.15) is 54.1 Å². The summed E-state index contributed by atoms with van der Waals surface area (Å²) in [5.74, 6) is -0.303. The Labute approximate surface area is 175 Å². The van der Waals surface area contributed by atoms with Crippen LogP contribution in [-0.2, 0) is 14.8 Å². The summed E-state index contributed by atoms with van der Waals surface area (Å²) in [6, 6.07) is 10.6. The third-order valence-electron chi connectivity index (χ3n) is 5.18. The van der Waals surface area contributed by atoms with Crippen molar-refractivity contribution in [3.63, 3.8) is 0 Å². The van der Waals surface area contributed by atoms with Crippen molar-refractivity contribution in [2.45, 2.75) is 60.0 Å². The number of hydrogen-bond acceptors (Lipinski definition) is 3. The number of nitrogens with zero attached hydrogens (tertiary/aromatic N) is 1. The maximum Gasteiger partial charge on any atom is 0.244 e. The van der Waals surface area contributed by atoms with Crippen LogP contribution in [0.15, 0.2) is 36.4 Å². The highest BCUT2D eigenvalue weighted by Gasteiger charge is 2.32. The average molecular weight is 417 g/mol. The first-order valence-electron chi connectivity index (χ1n) is 9.89. The topological polar surface area (TPSA) is 66.5 Å². The van der Waals surface area contributed by atoms with Crippen molar-refractivity contribution in [3.8, 4) is 0 Å². The summed E-state index contributed by atoms with van der Waals surface area (Å²) in [5, 5.41) is 3.00. The second-order valence-electron chi connectivity index (χ2n) is 7.90. The van der Waals surface area contributed by atoms with Gasteiger partial charge in [-0.15, -0.1) is 0 Å². The van der Waals surface area contributed by atoms with Crippen molar-refractivity contribution < 1.29 is 13.2 Å². The zero-order valence-electron chi connectivity index (χ0n) is 18.4. The number of carbonyl (C=O) groups is 1. The Balaban J connectivity index is 2.36. The van der Waals surface area contributed by atoms with Gasteiger partial charge < -0.3 is 5.32 Å². The zero-order chi connectivity index (χ0) is 21.9. The van der Waals surface area contributed by atoms with Gasteiger partial charge in [0, 0.05) is 0 Å². The fraction of sp³-hybridized carbons (Fsp3) is 0.435. The monoisotopic (exact) mass is 416 g/mol. The maximum absolute atomic E-state index is 13.1. The van der Waals surface area contributed by atoms with Crippen LogP contribution in [0.4, 0.5) is 5.69 Å². The lowest BCUT2D eigenvalue weighted by atomic mass is 10.0. The number of carbonyl (C=O) groups excluding carboxylic acids is 1. The number of benzene rings is 2. The molecule has 1 N–H and O–H groups in total. The Kier molecular flexibility index (Phi) is 7.11. The van der Waals surface area contributed by atoms with Crippen molar-refractivity contribution in [2.24, 2.45) is 0 Å². The molecule has 0 aliphatic carbocycles. The average Bonchev–Trinajstić information content (AvgIpc) is 2.59. The van der Waals surface area contributed by atoms with Crippen LogP contribution in [0.3, 0.4) is 0 Å². The Hall–Kier alpha value is -2.34. The Morgan fingerprint density at radius 2 is 1.59 bits per heavy atom. The van der Waals surface area contributed by atoms with Gasteiger partial charge in [0.1, 0.15) is 6.04 Å². The second kappa shape index (κ2) is 8.99. The van der Waals surface area contributed by atoms with E-state index in [-0.39, 0.29) is 11.9 Å². The summed E-state index contributed by atoms with van der Waals surface area (Å²) in [5.41, 5.74) is 5.76. The minimum absolute atomic E-state index is 0.225. The van der Waals surface area contributed by atoms with Gasteiger partial charge in [-0.05, 0) is 81.0 Å². The normalized spacial score (nSPS) is 13.6. The van der Waals surface area contributed by atoms with Crippen LogP contribution >= 0.6 is 0 Å². The van der Waals surface area contributed by atoms with E-state index in [1.165, 1.54) is 9.87 Å². The molecule has 0 aliphatic rings. The molecule has 2 rings (SSSR count). The quantitative estimate of drug-likeness (QED) is 0.730. The number of amides is 1. The van der Waals surface area contributed by atoms with Crippen molar-refractivity contribution in [2.75, 3.05) is 10.6 Å². The van der Waals surface area contributed by atoms with Crippen molar-refractivity contribution >= 4 is 21.6 Å². The van der Waals surface area contributed by atoms with Crippen LogP contribution in [0, 0.1) is 27.7 Å². The molecule has 0 aliphatic heterocycles. The van der Waals surface area contributed by atoms with Crippen LogP contribution in [0.2, 0.25) is 0 Å². The van der Waals surface area contributed by atoms with Gasteiger partial charge in [-0.1, -0.05) is 31.2 Å². The van der Waals surface area contributed by atoms with Gasteiger partial charge in [-0.25, -0.2) is 8.42 Å². The highest BCUT2D eigenvalue weighted by Crippen LogP contribution is 2.26. The highest BCUT2D eigenvalue weighted by molar-refractivity contribution is 7.92. The molecule has 0 saturated carbocycles. The maximum atomic E-state index is 13.1. The predicted molar refractivity (Wildman–Crippen MR) is 120 cm³/mol. The van der Waals surface area contributed by atoms with E-state index in [0.717, 1.165) is 28.5 Å². The molecular weight excluding hydrogens is 384 g/mol. The summed E-state index contributed by atoms with van der Waals surface area (Å²) in [6.07, 6.45) is 1.51. The smallest absolute Gasteiger partial charge is 0.244 e. The van der Waals surface area contributed by atoms with E-state index < -0.39 is 16.1 Å². The van der Waals surface area contributed by atoms with E-state index in [4.69, 9.17) is 0 Å². The lowest BCUT2D eigenvalue weighted by molar-refractivity contribution is -0.122. The molecule has 0 unspecified atom stereocenters. The number of hydrogen-bond donors (Lipinski definition) is 1. The molecule has 0 saturated heterocycles. The number of sulfonamides is 1. The standard InChI is InChI=1S/C23H32N2O3S/c1-8-22(23(26)24-19(6)20-10-9-17(4)18(5)14-20)25(29(7,27)28)21-12-15(2)11-16(3)13-21/h9-14,19,22H,8H2,1-7H3,(H,24,26)/t19-,22+/m0/s1. The third kappa shape index (κ3) is 5.60. The molecule has 5 nitrogen and oxygen atoms in total. The van der Waals surface area contributed by atoms with Gasteiger partial charge in [0.25, 0.3) is 0 Å². The lowest BCUT2D eigenvalue weighted by Crippen LogP contribution is -2.49. The predicted octanol–water partition coefficient (Wildman–Crippen LogP) is 4.34. The third-order valence-corrected chi connectivity index (χ3v) is 6.36. The molecule has 0 heterocycles. The first-order chi connectivity index (χ1) is 13.4. The molecule has 158 valence electrons. The highest BCUT2D eigenvalue weighted by atomic mass is 32.2. The number of anilines is 1. The molecule has 6 heteroatoms. The first kappa shape index (κ1) is 22.9. The van der Waals surface area contributed by atoms with Gasteiger partial charge >= 0.3 is 0 Å². The SMILES string of the molecule is CC[C@H](C(=O)N[C@@H](C)c1ccc(C)c(C)c1)N(c1cc(C)cc(C)c1)S(C)(=O)=O. The summed E-state index contributed by atoms with van der Waals surface area (Å²) >= 11 is 0. The summed E-state index contributed by atoms with van der Waals surface area (Å²) < 4.78 is 26.5. The molecular formula is C23H32N2O3S. The molecule has 0 fully saturated rings. The van der Waals surface area contributed by atoms with Gasteiger partial charge in [-0.2, -0.15) is 0 Å². The van der Waals surface area contributed by atoms with E-state index in [2.05, 4.69) is 11.4 Å². The number of nitrogens with one attached hydrogen (secondary N) is 1. The molecule has 29 heavy (non-hydrogen) atoms. The van der Waals surface area contributed by atoms with E-state index in [0.29, 0.717) is 12.1 Å². The molecule has 2 aromatic rings. The summed E-state index contributed by atoms with van der Waals surface area (Å²) in [7, 11) is -3.65. The summed E-state index contributed by atoms with van der Waals surface area (Å²) in [4.78, 5) is 13.1. The molecule has 2 aromatic carbocycles. The van der Waals surface area contributed by atoms with E-state index in [1.807, 2.05) is 59.7 Å². The van der Waals surface area contributed by atoms with E-state index in [1.54, 1.807) is 12.1 Å². The zero-order valence-corrected chi connectivity index (χ0v) is 19.2. The Morgan fingerprint density at radius 1 is 1.00 bits per heavy atom. The van der Waals surface area contributed by atoms with Gasteiger partial charge in [0.05, 0.1) is 18.0 Å². The van der Waals surface area contributed by atoms with Crippen molar-refractivity contribution in [1.82, 2.24) is 5.32 Å². The van der Waals surface area contributed by atoms with Gasteiger partial charge in [-0.3, -0.25) is 9.10 Å². The molecule has 0 bridgehead atoms. The lowest BCUT2D eigenvalue weighted by Gasteiger charge is -2.31. The van der Waals surface area contributed by atoms with Crippen LogP contribution < -0.4 is 9.62 Å². The molecule has 0 aromatic heterocycles. The van der Waals surface area contributed by atoms with Crippen LogP contribution in [0.25, 0.3) is 0 Å².